The van der Waals surface area contributed by atoms with E-state index < -0.39 is 0 Å². The van der Waals surface area contributed by atoms with Gasteiger partial charge in [-0.1, -0.05) is 6.42 Å². The molecule has 94 valence electrons. The number of likely N-dealkylation sites (tertiary alicyclic amines) is 1. The fourth-order valence-corrected chi connectivity index (χ4v) is 2.17. The molecule has 1 saturated heterocycles. The monoisotopic (exact) mass is 248 g/mol. The molecular formula is C11H21ClN2O2. The molecule has 1 N–H and O–H groups in total. The lowest BCUT2D eigenvalue weighted by Crippen LogP contribution is -2.37. The highest BCUT2D eigenvalue weighted by Crippen LogP contribution is 2.10. The van der Waals surface area contributed by atoms with Crippen LogP contribution >= 0.6 is 11.6 Å². The maximum Gasteiger partial charge on any atom is 0.407 e. The van der Waals surface area contributed by atoms with Crippen LogP contribution in [0.5, 0.6) is 0 Å². The molecule has 1 atom stereocenters. The van der Waals surface area contributed by atoms with E-state index in [1.165, 1.54) is 20.0 Å². The Morgan fingerprint density at radius 2 is 2.31 bits per heavy atom. The molecule has 1 heterocycles. The number of hydrogen-bond acceptors (Lipinski definition) is 3. The van der Waals surface area contributed by atoms with Gasteiger partial charge in [-0.3, -0.25) is 0 Å². The Morgan fingerprint density at radius 1 is 1.50 bits per heavy atom. The van der Waals surface area contributed by atoms with Crippen molar-refractivity contribution in [3.63, 3.8) is 0 Å². The summed E-state index contributed by atoms with van der Waals surface area (Å²) in [5, 5.41) is 2.84. The molecule has 0 radical (unpaired) electrons. The Kier molecular flexibility index (Phi) is 6.57. The standard InChI is InChI=1S/C11H21ClN2O2/c1-16-11(15)13-10-5-8-14(9-10)7-4-2-3-6-12/h10H,2-9H2,1H3,(H,13,15). The molecule has 1 unspecified atom stereocenters. The van der Waals surface area contributed by atoms with E-state index in [9.17, 15) is 4.79 Å². The first-order chi connectivity index (χ1) is 7.76. The number of amides is 1. The van der Waals surface area contributed by atoms with Crippen molar-refractivity contribution >= 4 is 17.7 Å². The van der Waals surface area contributed by atoms with Gasteiger partial charge in [0, 0.05) is 25.0 Å². The summed E-state index contributed by atoms with van der Waals surface area (Å²) in [4.78, 5) is 13.4. The molecule has 1 amide bonds. The lowest BCUT2D eigenvalue weighted by Gasteiger charge is -2.15. The molecule has 16 heavy (non-hydrogen) atoms. The lowest BCUT2D eigenvalue weighted by molar-refractivity contribution is 0.166. The van der Waals surface area contributed by atoms with Crippen molar-refractivity contribution in [2.24, 2.45) is 0 Å². The van der Waals surface area contributed by atoms with Gasteiger partial charge in [-0.15, -0.1) is 11.6 Å². The van der Waals surface area contributed by atoms with Gasteiger partial charge in [-0.25, -0.2) is 4.79 Å². The van der Waals surface area contributed by atoms with Crippen LogP contribution in [0.1, 0.15) is 25.7 Å². The zero-order valence-electron chi connectivity index (χ0n) is 9.88. The molecular weight excluding hydrogens is 228 g/mol. The third-order valence-corrected chi connectivity index (χ3v) is 3.15. The minimum atomic E-state index is -0.325. The van der Waals surface area contributed by atoms with E-state index in [0.29, 0.717) is 0 Å². The third kappa shape index (κ3) is 5.03. The van der Waals surface area contributed by atoms with Crippen LogP contribution in [-0.4, -0.2) is 49.7 Å². The summed E-state index contributed by atoms with van der Waals surface area (Å²) >= 11 is 5.62. The number of alkyl carbamates (subject to hydrolysis) is 1. The van der Waals surface area contributed by atoms with Gasteiger partial charge in [0.1, 0.15) is 0 Å². The zero-order chi connectivity index (χ0) is 11.8. The van der Waals surface area contributed by atoms with Crippen LogP contribution in [-0.2, 0) is 4.74 Å². The number of unbranched alkanes of at least 4 members (excludes halogenated alkanes) is 2. The molecule has 0 aromatic heterocycles. The summed E-state index contributed by atoms with van der Waals surface area (Å²) in [5.41, 5.74) is 0. The topological polar surface area (TPSA) is 41.6 Å². The lowest BCUT2D eigenvalue weighted by atomic mass is 10.2. The number of hydrogen-bond donors (Lipinski definition) is 1. The number of methoxy groups -OCH3 is 1. The summed E-state index contributed by atoms with van der Waals surface area (Å²) in [5.74, 6) is 0.756. The Bertz CT molecular complexity index is 214. The summed E-state index contributed by atoms with van der Waals surface area (Å²) in [6.07, 6.45) is 4.17. The first kappa shape index (κ1) is 13.6. The average Bonchev–Trinajstić information content (AvgIpc) is 2.72. The van der Waals surface area contributed by atoms with Crippen LogP contribution in [0.15, 0.2) is 0 Å². The fraction of sp³-hybridized carbons (Fsp3) is 0.909. The number of ether oxygens (including phenoxy) is 1. The molecule has 1 aliphatic heterocycles. The first-order valence-corrected chi connectivity index (χ1v) is 6.42. The second-order valence-electron chi connectivity index (χ2n) is 4.17. The molecule has 1 fully saturated rings. The van der Waals surface area contributed by atoms with Gasteiger partial charge in [0.2, 0.25) is 0 Å². The number of carbonyl (C=O) groups excluding carboxylic acids is 1. The Balaban J connectivity index is 2.07. The second kappa shape index (κ2) is 7.74. The van der Waals surface area contributed by atoms with E-state index in [4.69, 9.17) is 11.6 Å². The van der Waals surface area contributed by atoms with E-state index in [1.807, 2.05) is 0 Å². The van der Waals surface area contributed by atoms with Gasteiger partial charge in [0.05, 0.1) is 7.11 Å². The molecule has 1 rings (SSSR count). The van der Waals surface area contributed by atoms with Crippen molar-refractivity contribution in [1.29, 1.82) is 0 Å². The van der Waals surface area contributed by atoms with Crippen LogP contribution in [0.25, 0.3) is 0 Å². The fourth-order valence-electron chi connectivity index (χ4n) is 1.99. The molecule has 0 saturated carbocycles. The predicted molar refractivity (Wildman–Crippen MR) is 65.0 cm³/mol. The highest BCUT2D eigenvalue weighted by molar-refractivity contribution is 6.17. The molecule has 5 heteroatoms. The molecule has 1 aliphatic rings. The zero-order valence-corrected chi connectivity index (χ0v) is 10.6. The number of carbonyl (C=O) groups is 1. The second-order valence-corrected chi connectivity index (χ2v) is 4.55. The molecule has 0 aliphatic carbocycles. The van der Waals surface area contributed by atoms with Gasteiger partial charge < -0.3 is 15.0 Å². The predicted octanol–water partition coefficient (Wildman–Crippen LogP) is 1.83. The quantitative estimate of drug-likeness (QED) is 0.576. The van der Waals surface area contributed by atoms with E-state index in [2.05, 4.69) is 15.0 Å². The van der Waals surface area contributed by atoms with Gasteiger partial charge in [-0.2, -0.15) is 0 Å². The Labute approximate surface area is 102 Å². The van der Waals surface area contributed by atoms with Gasteiger partial charge >= 0.3 is 6.09 Å². The van der Waals surface area contributed by atoms with E-state index in [-0.39, 0.29) is 12.1 Å². The summed E-state index contributed by atoms with van der Waals surface area (Å²) in [6, 6.07) is 0.250. The molecule has 0 bridgehead atoms. The van der Waals surface area contributed by atoms with E-state index in [1.54, 1.807) is 0 Å². The Morgan fingerprint density at radius 3 is 3.00 bits per heavy atom. The third-order valence-electron chi connectivity index (χ3n) is 2.89. The van der Waals surface area contributed by atoms with Crippen LogP contribution in [0.4, 0.5) is 4.79 Å². The number of halogens is 1. The summed E-state index contributed by atoms with van der Waals surface area (Å²) in [7, 11) is 1.40. The van der Waals surface area contributed by atoms with Crippen molar-refractivity contribution in [2.75, 3.05) is 32.6 Å². The SMILES string of the molecule is COC(=O)NC1CCN(CCCCCCl)C1. The Hall–Kier alpha value is -0.480. The average molecular weight is 249 g/mol. The molecule has 0 aromatic rings. The van der Waals surface area contributed by atoms with Crippen molar-refractivity contribution in [3.8, 4) is 0 Å². The van der Waals surface area contributed by atoms with Crippen molar-refractivity contribution in [3.05, 3.63) is 0 Å². The van der Waals surface area contributed by atoms with Crippen LogP contribution < -0.4 is 5.32 Å². The normalized spacial score (nSPS) is 21.0. The van der Waals surface area contributed by atoms with Crippen LogP contribution in [0.2, 0.25) is 0 Å². The van der Waals surface area contributed by atoms with E-state index in [0.717, 1.165) is 38.4 Å². The van der Waals surface area contributed by atoms with Crippen LogP contribution in [0.3, 0.4) is 0 Å². The van der Waals surface area contributed by atoms with Crippen molar-refractivity contribution < 1.29 is 9.53 Å². The van der Waals surface area contributed by atoms with Crippen LogP contribution in [0, 0.1) is 0 Å². The largest absolute Gasteiger partial charge is 0.453 e. The van der Waals surface area contributed by atoms with E-state index >= 15 is 0 Å². The van der Waals surface area contributed by atoms with Gasteiger partial charge in [0.15, 0.2) is 0 Å². The number of nitrogens with zero attached hydrogens (tertiary/aromatic N) is 1. The number of nitrogens with one attached hydrogen (secondary N) is 1. The first-order valence-electron chi connectivity index (χ1n) is 5.89. The smallest absolute Gasteiger partial charge is 0.407 e. The minimum absolute atomic E-state index is 0.250. The molecule has 0 spiro atoms. The van der Waals surface area contributed by atoms with Gasteiger partial charge in [-0.05, 0) is 25.8 Å². The minimum Gasteiger partial charge on any atom is -0.453 e. The maximum atomic E-state index is 11.0. The summed E-state index contributed by atoms with van der Waals surface area (Å²) in [6.45, 7) is 3.11. The van der Waals surface area contributed by atoms with Crippen molar-refractivity contribution in [2.45, 2.75) is 31.7 Å². The van der Waals surface area contributed by atoms with Gasteiger partial charge in [0.25, 0.3) is 0 Å². The maximum absolute atomic E-state index is 11.0. The molecule has 4 nitrogen and oxygen atoms in total. The highest BCUT2D eigenvalue weighted by atomic mass is 35.5. The van der Waals surface area contributed by atoms with Crippen molar-refractivity contribution in [1.82, 2.24) is 10.2 Å². The molecule has 0 aromatic carbocycles. The summed E-state index contributed by atoms with van der Waals surface area (Å²) < 4.78 is 4.58. The number of rotatable bonds is 6. The number of alkyl halides is 1. The highest BCUT2D eigenvalue weighted by Gasteiger charge is 2.23.